The van der Waals surface area contributed by atoms with E-state index in [2.05, 4.69) is 38.9 Å². The molecule has 230 valence electrons. The number of ether oxygens (including phenoxy) is 1. The number of carbonyl (C=O) groups excluding carboxylic acids is 1. The van der Waals surface area contributed by atoms with E-state index in [4.69, 9.17) is 4.74 Å². The van der Waals surface area contributed by atoms with Gasteiger partial charge < -0.3 is 9.64 Å². The number of nitrogens with zero attached hydrogens (tertiary/aromatic N) is 3. The Morgan fingerprint density at radius 1 is 0.886 bits per heavy atom. The molecule has 1 saturated carbocycles. The minimum absolute atomic E-state index is 0.0493. The molecule has 9 heteroatoms. The highest BCUT2D eigenvalue weighted by Gasteiger charge is 2.23. The molecule has 0 radical (unpaired) electrons. The van der Waals surface area contributed by atoms with Gasteiger partial charge in [0.2, 0.25) is 0 Å². The van der Waals surface area contributed by atoms with Crippen LogP contribution in [0.25, 0.3) is 10.9 Å². The Hall–Kier alpha value is -3.95. The number of fused-ring (bicyclic) bond motifs is 1. The van der Waals surface area contributed by atoms with Crippen molar-refractivity contribution in [3.05, 3.63) is 96.2 Å². The highest BCUT2D eigenvalue weighted by atomic mass is 32.2. The third-order valence-electron chi connectivity index (χ3n) is 8.76. The molecule has 1 aliphatic heterocycles. The van der Waals surface area contributed by atoms with Crippen molar-refractivity contribution in [3.63, 3.8) is 0 Å². The lowest BCUT2D eigenvalue weighted by Crippen LogP contribution is -2.48. The van der Waals surface area contributed by atoms with Gasteiger partial charge in [-0.15, -0.1) is 0 Å². The van der Waals surface area contributed by atoms with Gasteiger partial charge in [0, 0.05) is 55.6 Å². The number of rotatable bonds is 11. The van der Waals surface area contributed by atoms with Crippen LogP contribution in [0.2, 0.25) is 0 Å². The zero-order valence-corrected chi connectivity index (χ0v) is 25.8. The minimum atomic E-state index is -3.86. The normalized spacial score (nSPS) is 16.3. The van der Waals surface area contributed by atoms with Crippen molar-refractivity contribution in [1.82, 2.24) is 14.8 Å². The van der Waals surface area contributed by atoms with E-state index < -0.39 is 10.0 Å². The maximum Gasteiger partial charge on any atom is 0.264 e. The van der Waals surface area contributed by atoms with Gasteiger partial charge in [0.05, 0.1) is 12.1 Å². The highest BCUT2D eigenvalue weighted by Crippen LogP contribution is 2.29. The monoisotopic (exact) mass is 612 g/mol. The Balaban J connectivity index is 0.962. The summed E-state index contributed by atoms with van der Waals surface area (Å²) in [6.45, 7) is 4.50. The van der Waals surface area contributed by atoms with E-state index >= 15 is 0 Å². The van der Waals surface area contributed by atoms with E-state index in [0.29, 0.717) is 29.9 Å². The molecule has 1 aliphatic carbocycles. The van der Waals surface area contributed by atoms with Gasteiger partial charge in [-0.1, -0.05) is 56.0 Å². The molecule has 0 unspecified atom stereocenters. The summed E-state index contributed by atoms with van der Waals surface area (Å²) in [4.78, 5) is 21.8. The second kappa shape index (κ2) is 13.8. The molecule has 4 aromatic rings. The SMILES string of the molecule is O=C(c1ccc(NS(=O)(=O)c2cccc3cccnc23)cc1)N1CCN(Cc2ccc(OCCCC3CCCC3)cc2)CC1. The quantitative estimate of drug-likeness (QED) is 0.199. The third kappa shape index (κ3) is 7.39. The highest BCUT2D eigenvalue weighted by molar-refractivity contribution is 7.93. The van der Waals surface area contributed by atoms with Crippen LogP contribution >= 0.6 is 0 Å². The van der Waals surface area contributed by atoms with Gasteiger partial charge in [-0.2, -0.15) is 0 Å². The molecule has 1 amide bonds. The molecule has 2 fully saturated rings. The first kappa shape index (κ1) is 30.1. The first-order chi connectivity index (χ1) is 21.4. The fraction of sp³-hybridized carbons (Fsp3) is 0.371. The van der Waals surface area contributed by atoms with Gasteiger partial charge in [0.1, 0.15) is 10.6 Å². The van der Waals surface area contributed by atoms with E-state index in [1.807, 2.05) is 17.0 Å². The lowest BCUT2D eigenvalue weighted by Gasteiger charge is -2.34. The number of sulfonamides is 1. The molecule has 2 heterocycles. The molecule has 1 saturated heterocycles. The number of aromatic nitrogens is 1. The molecule has 0 bridgehead atoms. The number of hydrogen-bond acceptors (Lipinski definition) is 6. The first-order valence-electron chi connectivity index (χ1n) is 15.6. The van der Waals surface area contributed by atoms with Crippen LogP contribution in [0.15, 0.2) is 90.0 Å². The van der Waals surface area contributed by atoms with Crippen molar-refractivity contribution in [1.29, 1.82) is 0 Å². The van der Waals surface area contributed by atoms with Crippen LogP contribution in [0.3, 0.4) is 0 Å². The van der Waals surface area contributed by atoms with Crippen molar-refractivity contribution in [2.75, 3.05) is 37.5 Å². The fourth-order valence-corrected chi connectivity index (χ4v) is 7.53. The van der Waals surface area contributed by atoms with Crippen LogP contribution < -0.4 is 9.46 Å². The van der Waals surface area contributed by atoms with Gasteiger partial charge in [0.15, 0.2) is 0 Å². The summed E-state index contributed by atoms with van der Waals surface area (Å²) in [6.07, 6.45) is 9.56. The smallest absolute Gasteiger partial charge is 0.264 e. The molecule has 2 aliphatic rings. The molecular formula is C35H40N4O4S. The predicted octanol–water partition coefficient (Wildman–Crippen LogP) is 6.34. The number of anilines is 1. The zero-order valence-electron chi connectivity index (χ0n) is 25.0. The molecule has 0 spiro atoms. The Bertz CT molecular complexity index is 1660. The number of nitrogens with one attached hydrogen (secondary N) is 1. The topological polar surface area (TPSA) is 91.8 Å². The molecule has 3 aromatic carbocycles. The van der Waals surface area contributed by atoms with E-state index in [1.165, 1.54) is 43.7 Å². The largest absolute Gasteiger partial charge is 0.494 e. The maximum atomic E-state index is 13.2. The molecule has 6 rings (SSSR count). The van der Waals surface area contributed by atoms with Crippen molar-refractivity contribution in [2.24, 2.45) is 5.92 Å². The summed E-state index contributed by atoms with van der Waals surface area (Å²) in [5.41, 5.74) is 2.58. The van der Waals surface area contributed by atoms with E-state index in [0.717, 1.165) is 49.7 Å². The lowest BCUT2D eigenvalue weighted by molar-refractivity contribution is 0.0628. The van der Waals surface area contributed by atoms with Crippen molar-refractivity contribution in [2.45, 2.75) is 50.0 Å². The summed E-state index contributed by atoms with van der Waals surface area (Å²) in [5, 5.41) is 0.749. The van der Waals surface area contributed by atoms with E-state index in [-0.39, 0.29) is 10.8 Å². The fourth-order valence-electron chi connectivity index (χ4n) is 6.29. The predicted molar refractivity (Wildman–Crippen MR) is 173 cm³/mol. The van der Waals surface area contributed by atoms with E-state index in [9.17, 15) is 13.2 Å². The van der Waals surface area contributed by atoms with Gasteiger partial charge in [-0.3, -0.25) is 19.4 Å². The Kier molecular flexibility index (Phi) is 9.43. The Labute approximate surface area is 260 Å². The lowest BCUT2D eigenvalue weighted by atomic mass is 10.0. The number of benzene rings is 3. The number of amides is 1. The summed E-state index contributed by atoms with van der Waals surface area (Å²) in [7, 11) is -3.86. The van der Waals surface area contributed by atoms with Crippen LogP contribution in [0.1, 0.15) is 54.4 Å². The van der Waals surface area contributed by atoms with Crippen LogP contribution in [0.4, 0.5) is 5.69 Å². The summed E-state index contributed by atoms with van der Waals surface area (Å²) in [6, 6.07) is 23.7. The van der Waals surface area contributed by atoms with Crippen LogP contribution in [0, 0.1) is 5.92 Å². The number of pyridine rings is 1. The molecular weight excluding hydrogens is 572 g/mol. The molecule has 44 heavy (non-hydrogen) atoms. The average molecular weight is 613 g/mol. The third-order valence-corrected chi connectivity index (χ3v) is 10.2. The molecule has 1 aromatic heterocycles. The zero-order chi connectivity index (χ0) is 30.4. The van der Waals surface area contributed by atoms with Crippen molar-refractivity contribution < 1.29 is 17.9 Å². The van der Waals surface area contributed by atoms with Gasteiger partial charge >= 0.3 is 0 Å². The number of carbonyl (C=O) groups is 1. The standard InChI is InChI=1S/C35H40N4O4S/c40-35(30-14-16-31(17-15-30)37-44(41,42)33-11-3-9-29-10-4-20-36-34(29)33)39-23-21-38(22-24-39)26-28-12-18-32(19-13-28)43-25-5-8-27-6-1-2-7-27/h3-4,9-20,27,37H,1-2,5-8,21-26H2. The minimum Gasteiger partial charge on any atom is -0.494 e. The summed E-state index contributed by atoms with van der Waals surface area (Å²) >= 11 is 0. The van der Waals surface area contributed by atoms with Gasteiger partial charge in [0.25, 0.3) is 15.9 Å². The van der Waals surface area contributed by atoms with Crippen LogP contribution in [-0.2, 0) is 16.6 Å². The summed E-state index contributed by atoms with van der Waals surface area (Å²) < 4.78 is 34.8. The molecule has 1 N–H and O–H groups in total. The Morgan fingerprint density at radius 2 is 1.61 bits per heavy atom. The van der Waals surface area contributed by atoms with Gasteiger partial charge in [-0.05, 0) is 72.9 Å². The van der Waals surface area contributed by atoms with E-state index in [1.54, 1.807) is 42.6 Å². The first-order valence-corrected chi connectivity index (χ1v) is 17.1. The van der Waals surface area contributed by atoms with Crippen molar-refractivity contribution >= 4 is 32.5 Å². The Morgan fingerprint density at radius 3 is 2.36 bits per heavy atom. The molecule has 8 nitrogen and oxygen atoms in total. The van der Waals surface area contributed by atoms with Gasteiger partial charge in [-0.25, -0.2) is 8.42 Å². The second-order valence-electron chi connectivity index (χ2n) is 11.9. The van der Waals surface area contributed by atoms with Crippen molar-refractivity contribution in [3.8, 4) is 5.75 Å². The second-order valence-corrected chi connectivity index (χ2v) is 13.5. The number of hydrogen-bond donors (Lipinski definition) is 1. The number of para-hydroxylation sites is 1. The number of piperazine rings is 1. The van der Waals surface area contributed by atoms with Crippen LogP contribution in [0.5, 0.6) is 5.75 Å². The average Bonchev–Trinajstić information content (AvgIpc) is 3.58. The molecule has 0 atom stereocenters. The van der Waals surface area contributed by atoms with Crippen LogP contribution in [-0.4, -0.2) is 61.9 Å². The summed E-state index contributed by atoms with van der Waals surface area (Å²) in [5.74, 6) is 1.79. The maximum absolute atomic E-state index is 13.2.